The van der Waals surface area contributed by atoms with Crippen LogP contribution in [0.4, 0.5) is 4.79 Å². The van der Waals surface area contributed by atoms with E-state index in [1.165, 1.54) is 12.1 Å². The molecule has 0 aliphatic carbocycles. The summed E-state index contributed by atoms with van der Waals surface area (Å²) in [6.07, 6.45) is -1.43. The number of hydrogen-bond acceptors (Lipinski definition) is 4. The normalized spacial score (nSPS) is 12.8. The summed E-state index contributed by atoms with van der Waals surface area (Å²) in [5.41, 5.74) is 0.401. The molecule has 29 heavy (non-hydrogen) atoms. The lowest BCUT2D eigenvalue weighted by atomic mass is 10.1. The second-order valence-corrected chi connectivity index (χ2v) is 9.59. The topological polar surface area (TPSA) is 109 Å². The van der Waals surface area contributed by atoms with Crippen molar-refractivity contribution in [3.8, 4) is 0 Å². The third-order valence-corrected chi connectivity index (χ3v) is 7.44. The van der Waals surface area contributed by atoms with E-state index in [2.05, 4.69) is 21.2 Å². The third kappa shape index (κ3) is 4.24. The quantitative estimate of drug-likeness (QED) is 0.423. The van der Waals surface area contributed by atoms with E-state index < -0.39 is 28.8 Å². The SMILES string of the molecule is O=C(O)N[C@H](CO)Cc1cc2c(Br)cc(Cl)c(Cl)c2n1S(=O)(=O)c1ccccc1. The Labute approximate surface area is 185 Å². The van der Waals surface area contributed by atoms with E-state index in [0.717, 1.165) is 3.97 Å². The van der Waals surface area contributed by atoms with Gasteiger partial charge in [0.25, 0.3) is 10.0 Å². The average Bonchev–Trinajstić information content (AvgIpc) is 3.06. The van der Waals surface area contributed by atoms with Crippen LogP contribution < -0.4 is 5.32 Å². The van der Waals surface area contributed by atoms with Crippen molar-refractivity contribution in [2.24, 2.45) is 0 Å². The predicted molar refractivity (Wildman–Crippen MR) is 114 cm³/mol. The minimum absolute atomic E-state index is 0.0256. The van der Waals surface area contributed by atoms with E-state index in [4.69, 9.17) is 28.3 Å². The van der Waals surface area contributed by atoms with Crippen LogP contribution in [0.15, 0.2) is 51.8 Å². The van der Waals surface area contributed by atoms with Crippen LogP contribution in [0, 0.1) is 0 Å². The van der Waals surface area contributed by atoms with Gasteiger partial charge in [-0.1, -0.05) is 57.3 Å². The Kier molecular flexibility index (Phi) is 6.45. The van der Waals surface area contributed by atoms with E-state index >= 15 is 0 Å². The van der Waals surface area contributed by atoms with Crippen LogP contribution >= 0.6 is 39.1 Å². The lowest BCUT2D eigenvalue weighted by Crippen LogP contribution is -2.38. The predicted octanol–water partition coefficient (Wildman–Crippen LogP) is 4.12. The molecule has 1 heterocycles. The molecule has 1 amide bonds. The number of rotatable bonds is 6. The van der Waals surface area contributed by atoms with E-state index in [1.54, 1.807) is 30.3 Å². The van der Waals surface area contributed by atoms with Gasteiger partial charge in [-0.05, 0) is 24.3 Å². The smallest absolute Gasteiger partial charge is 0.404 e. The van der Waals surface area contributed by atoms with Crippen molar-refractivity contribution in [3.63, 3.8) is 0 Å². The van der Waals surface area contributed by atoms with E-state index in [1.807, 2.05) is 0 Å². The largest absolute Gasteiger partial charge is 0.465 e. The van der Waals surface area contributed by atoms with Gasteiger partial charge < -0.3 is 15.5 Å². The molecule has 2 aromatic carbocycles. The van der Waals surface area contributed by atoms with E-state index in [0.29, 0.717) is 9.86 Å². The fourth-order valence-corrected chi connectivity index (χ4v) is 5.73. The number of aliphatic hydroxyl groups excluding tert-OH is 1. The van der Waals surface area contributed by atoms with Gasteiger partial charge in [0.2, 0.25) is 0 Å². The fraction of sp³-hybridized carbons (Fsp3) is 0.167. The van der Waals surface area contributed by atoms with Gasteiger partial charge in [0.15, 0.2) is 0 Å². The van der Waals surface area contributed by atoms with Crippen molar-refractivity contribution in [2.45, 2.75) is 17.4 Å². The summed E-state index contributed by atoms with van der Waals surface area (Å²) in [5.74, 6) is 0. The molecule has 7 nitrogen and oxygen atoms in total. The Bertz CT molecular complexity index is 1180. The molecule has 0 spiro atoms. The van der Waals surface area contributed by atoms with Crippen LogP contribution in [0.2, 0.25) is 10.0 Å². The van der Waals surface area contributed by atoms with Crippen molar-refractivity contribution >= 4 is 66.2 Å². The zero-order valence-corrected chi connectivity index (χ0v) is 18.6. The van der Waals surface area contributed by atoms with Crippen LogP contribution in [-0.4, -0.2) is 41.3 Å². The lowest BCUT2D eigenvalue weighted by molar-refractivity contribution is 0.177. The summed E-state index contributed by atoms with van der Waals surface area (Å²) in [7, 11) is -4.10. The molecule has 154 valence electrons. The lowest BCUT2D eigenvalue weighted by Gasteiger charge is -2.17. The summed E-state index contributed by atoms with van der Waals surface area (Å²) in [6.45, 7) is -0.519. The van der Waals surface area contributed by atoms with Crippen LogP contribution in [0.25, 0.3) is 10.9 Å². The number of halogens is 3. The molecule has 0 saturated heterocycles. The molecule has 3 aromatic rings. The minimum Gasteiger partial charge on any atom is -0.465 e. The van der Waals surface area contributed by atoms with Crippen molar-refractivity contribution in [1.29, 1.82) is 0 Å². The van der Waals surface area contributed by atoms with Gasteiger partial charge >= 0.3 is 6.09 Å². The number of nitrogens with zero attached hydrogens (tertiary/aromatic N) is 1. The van der Waals surface area contributed by atoms with Gasteiger partial charge in [0, 0.05) is 22.0 Å². The number of benzene rings is 2. The average molecular weight is 522 g/mol. The molecule has 3 rings (SSSR count). The monoisotopic (exact) mass is 520 g/mol. The summed E-state index contributed by atoms with van der Waals surface area (Å²) in [4.78, 5) is 11.0. The Morgan fingerprint density at radius 1 is 1.21 bits per heavy atom. The van der Waals surface area contributed by atoms with Crippen molar-refractivity contribution < 1.29 is 23.4 Å². The molecule has 11 heteroatoms. The summed E-state index contributed by atoms with van der Waals surface area (Å²) < 4.78 is 28.5. The highest BCUT2D eigenvalue weighted by atomic mass is 79.9. The van der Waals surface area contributed by atoms with Gasteiger partial charge in [-0.3, -0.25) is 0 Å². The zero-order chi connectivity index (χ0) is 21.3. The molecule has 0 saturated carbocycles. The Balaban J connectivity index is 2.32. The number of fused-ring (bicyclic) bond motifs is 1. The number of aliphatic hydroxyl groups is 1. The number of hydrogen-bond donors (Lipinski definition) is 3. The Morgan fingerprint density at radius 2 is 1.86 bits per heavy atom. The first kappa shape index (κ1) is 21.9. The van der Waals surface area contributed by atoms with Crippen molar-refractivity contribution in [3.05, 3.63) is 62.7 Å². The van der Waals surface area contributed by atoms with Crippen LogP contribution in [0.3, 0.4) is 0 Å². The molecular weight excluding hydrogens is 507 g/mol. The number of aromatic nitrogens is 1. The highest BCUT2D eigenvalue weighted by molar-refractivity contribution is 9.10. The molecule has 0 radical (unpaired) electrons. The molecule has 3 N–H and O–H groups in total. The zero-order valence-electron chi connectivity index (χ0n) is 14.6. The highest BCUT2D eigenvalue weighted by Crippen LogP contribution is 2.40. The standard InChI is InChI=1S/C18H15BrCl2N2O5S/c19-14-8-15(20)16(21)17-13(14)7-11(6-10(9-24)22-18(25)26)23(17)29(27,28)12-4-2-1-3-5-12/h1-5,7-8,10,22,24H,6,9H2,(H,25,26)/t10-/m0/s1. The maximum Gasteiger partial charge on any atom is 0.404 e. The molecule has 0 aliphatic heterocycles. The molecule has 1 atom stereocenters. The number of carboxylic acid groups (broad SMARTS) is 1. The Hall–Kier alpha value is -1.78. The molecule has 0 bridgehead atoms. The number of nitrogens with one attached hydrogen (secondary N) is 1. The molecule has 0 fully saturated rings. The first-order valence-corrected chi connectivity index (χ1v) is 11.2. The van der Waals surface area contributed by atoms with Crippen molar-refractivity contribution in [2.75, 3.05) is 6.61 Å². The molecule has 1 aromatic heterocycles. The van der Waals surface area contributed by atoms with Gasteiger partial charge in [-0.25, -0.2) is 17.2 Å². The van der Waals surface area contributed by atoms with E-state index in [-0.39, 0.29) is 32.6 Å². The van der Waals surface area contributed by atoms with Crippen molar-refractivity contribution in [1.82, 2.24) is 9.29 Å². The maximum absolute atomic E-state index is 13.4. The van der Waals surface area contributed by atoms with Gasteiger partial charge in [0.05, 0.1) is 33.1 Å². The summed E-state index contributed by atoms with van der Waals surface area (Å²) in [5, 5.41) is 21.4. The van der Waals surface area contributed by atoms with Gasteiger partial charge in [-0.15, -0.1) is 0 Å². The fourth-order valence-electron chi connectivity index (χ4n) is 3.00. The molecule has 0 aliphatic rings. The first-order valence-electron chi connectivity index (χ1n) is 8.25. The summed E-state index contributed by atoms with van der Waals surface area (Å²) >= 11 is 15.9. The third-order valence-electron chi connectivity index (χ3n) is 4.24. The molecule has 0 unspecified atom stereocenters. The summed E-state index contributed by atoms with van der Waals surface area (Å²) in [6, 6.07) is 9.95. The van der Waals surface area contributed by atoms with Gasteiger partial charge in [0.1, 0.15) is 0 Å². The highest BCUT2D eigenvalue weighted by Gasteiger charge is 2.28. The number of carbonyl (C=O) groups is 1. The molecular formula is C18H15BrCl2N2O5S. The van der Waals surface area contributed by atoms with E-state index in [9.17, 15) is 18.3 Å². The second-order valence-electron chi connectivity index (χ2n) is 6.17. The Morgan fingerprint density at radius 3 is 2.45 bits per heavy atom. The second kappa shape index (κ2) is 8.53. The van der Waals surface area contributed by atoms with Crippen LogP contribution in [-0.2, 0) is 16.4 Å². The first-order chi connectivity index (χ1) is 13.7. The van der Waals surface area contributed by atoms with Crippen LogP contribution in [0.1, 0.15) is 5.69 Å². The maximum atomic E-state index is 13.4. The number of amides is 1. The minimum atomic E-state index is -4.10. The van der Waals surface area contributed by atoms with Gasteiger partial charge in [-0.2, -0.15) is 0 Å². The van der Waals surface area contributed by atoms with Crippen LogP contribution in [0.5, 0.6) is 0 Å².